The van der Waals surface area contributed by atoms with Crippen molar-refractivity contribution in [2.24, 2.45) is 4.40 Å². The lowest BCUT2D eigenvalue weighted by Gasteiger charge is -2.37. The van der Waals surface area contributed by atoms with E-state index in [1.807, 2.05) is 12.1 Å². The van der Waals surface area contributed by atoms with Gasteiger partial charge in [-0.15, -0.1) is 0 Å². The molecule has 1 fully saturated rings. The molecule has 0 spiro atoms. The monoisotopic (exact) mass is 338 g/mol. The normalized spacial score (nSPS) is 20.3. The van der Waals surface area contributed by atoms with Gasteiger partial charge in [-0.25, -0.2) is 4.40 Å². The smallest absolute Gasteiger partial charge is 0.120 e. The zero-order valence-corrected chi connectivity index (χ0v) is 14.8. The Morgan fingerprint density at radius 3 is 2.79 bits per heavy atom. The lowest BCUT2D eigenvalue weighted by molar-refractivity contribution is 0.371. The Balaban J connectivity index is 1.60. The summed E-state index contributed by atoms with van der Waals surface area (Å²) in [6.07, 6.45) is 2.46. The summed E-state index contributed by atoms with van der Waals surface area (Å²) in [4.78, 5) is 2.47. The van der Waals surface area contributed by atoms with E-state index in [9.17, 15) is 0 Å². The Labute approximate surface area is 147 Å². The van der Waals surface area contributed by atoms with Gasteiger partial charge in [0.05, 0.1) is 7.11 Å². The summed E-state index contributed by atoms with van der Waals surface area (Å²) in [5.74, 6) is 3.75. The number of hydrogen-bond acceptors (Lipinski definition) is 4. The molecule has 2 aliphatic rings. The Morgan fingerprint density at radius 2 is 1.96 bits per heavy atom. The molecule has 2 heterocycles. The molecule has 2 aromatic carbocycles. The minimum atomic E-state index is 0.450. The Bertz CT molecular complexity index is 742. The predicted molar refractivity (Wildman–Crippen MR) is 102 cm³/mol. The SMILES string of the molecule is COc1cccc(-c2ccc(C3CCCN4CCSN=C34)cc2)c1. The second-order valence-electron chi connectivity index (χ2n) is 6.32. The standard InChI is InChI=1S/C20H22N2OS/c1-23-18-5-2-4-17(14-18)15-7-9-16(10-8-15)19-6-3-11-22-12-13-24-21-20(19)22/h2,4-5,7-10,14,19H,3,6,11-13H2,1H3. The summed E-state index contributed by atoms with van der Waals surface area (Å²) in [6.45, 7) is 2.31. The van der Waals surface area contributed by atoms with Gasteiger partial charge in [-0.3, -0.25) is 0 Å². The van der Waals surface area contributed by atoms with E-state index >= 15 is 0 Å². The fourth-order valence-electron chi connectivity index (χ4n) is 3.59. The number of benzene rings is 2. The van der Waals surface area contributed by atoms with Gasteiger partial charge in [0, 0.05) is 24.8 Å². The molecule has 2 aromatic rings. The van der Waals surface area contributed by atoms with Gasteiger partial charge in [-0.1, -0.05) is 36.4 Å². The van der Waals surface area contributed by atoms with E-state index in [1.54, 1.807) is 19.1 Å². The first-order chi connectivity index (χ1) is 11.8. The molecule has 1 unspecified atom stereocenters. The minimum Gasteiger partial charge on any atom is -0.497 e. The summed E-state index contributed by atoms with van der Waals surface area (Å²) < 4.78 is 10.1. The third kappa shape index (κ3) is 3.03. The van der Waals surface area contributed by atoms with Gasteiger partial charge in [0.2, 0.25) is 0 Å². The molecular formula is C20H22N2OS. The highest BCUT2D eigenvalue weighted by Gasteiger charge is 2.29. The van der Waals surface area contributed by atoms with Crippen molar-refractivity contribution in [1.82, 2.24) is 4.90 Å². The molecule has 0 aromatic heterocycles. The maximum absolute atomic E-state index is 5.33. The number of hydrogen-bond donors (Lipinski definition) is 0. The molecule has 2 aliphatic heterocycles. The molecule has 0 aliphatic carbocycles. The van der Waals surface area contributed by atoms with Crippen molar-refractivity contribution in [3.8, 4) is 16.9 Å². The van der Waals surface area contributed by atoms with Gasteiger partial charge in [0.25, 0.3) is 0 Å². The van der Waals surface area contributed by atoms with Crippen LogP contribution in [0.5, 0.6) is 5.75 Å². The van der Waals surface area contributed by atoms with Gasteiger partial charge in [-0.2, -0.15) is 0 Å². The first kappa shape index (κ1) is 15.6. The molecule has 0 amide bonds. The number of fused-ring (bicyclic) bond motifs is 1. The Morgan fingerprint density at radius 1 is 1.08 bits per heavy atom. The second-order valence-corrected chi connectivity index (χ2v) is 7.17. The van der Waals surface area contributed by atoms with Crippen LogP contribution in [0.25, 0.3) is 11.1 Å². The number of piperidine rings is 1. The van der Waals surface area contributed by atoms with Crippen molar-refractivity contribution in [2.45, 2.75) is 18.8 Å². The fourth-order valence-corrected chi connectivity index (χ4v) is 4.36. The highest BCUT2D eigenvalue weighted by atomic mass is 32.2. The molecule has 1 atom stereocenters. The van der Waals surface area contributed by atoms with Crippen LogP contribution < -0.4 is 4.74 Å². The van der Waals surface area contributed by atoms with Crippen molar-refractivity contribution in [3.63, 3.8) is 0 Å². The molecule has 1 saturated heterocycles. The Hall–Kier alpha value is -1.94. The highest BCUT2D eigenvalue weighted by Crippen LogP contribution is 2.34. The summed E-state index contributed by atoms with van der Waals surface area (Å²) in [7, 11) is 1.71. The van der Waals surface area contributed by atoms with Crippen LogP contribution >= 0.6 is 11.9 Å². The van der Waals surface area contributed by atoms with Crippen molar-refractivity contribution in [1.29, 1.82) is 0 Å². The van der Waals surface area contributed by atoms with Gasteiger partial charge in [0.1, 0.15) is 11.6 Å². The number of rotatable bonds is 3. The lowest BCUT2D eigenvalue weighted by Crippen LogP contribution is -2.42. The van der Waals surface area contributed by atoms with Crippen molar-refractivity contribution in [2.75, 3.05) is 26.0 Å². The molecule has 0 radical (unpaired) electrons. The second kappa shape index (κ2) is 6.89. The molecule has 0 bridgehead atoms. The average Bonchev–Trinajstić information content (AvgIpc) is 2.68. The molecule has 0 saturated carbocycles. The topological polar surface area (TPSA) is 24.8 Å². The predicted octanol–water partition coefficient (Wildman–Crippen LogP) is 4.60. The average molecular weight is 338 g/mol. The van der Waals surface area contributed by atoms with E-state index in [2.05, 4.69) is 41.3 Å². The van der Waals surface area contributed by atoms with Crippen LogP contribution in [0.15, 0.2) is 52.9 Å². The van der Waals surface area contributed by atoms with E-state index in [0.717, 1.165) is 24.6 Å². The van der Waals surface area contributed by atoms with Crippen LogP contribution in [0.4, 0.5) is 0 Å². The van der Waals surface area contributed by atoms with E-state index in [4.69, 9.17) is 9.13 Å². The highest BCUT2D eigenvalue weighted by molar-refractivity contribution is 7.98. The number of amidine groups is 1. The van der Waals surface area contributed by atoms with E-state index in [-0.39, 0.29) is 0 Å². The summed E-state index contributed by atoms with van der Waals surface area (Å²) in [5, 5.41) is 0. The molecule has 4 heteroatoms. The Kier molecular flexibility index (Phi) is 4.48. The van der Waals surface area contributed by atoms with Gasteiger partial charge >= 0.3 is 0 Å². The summed E-state index contributed by atoms with van der Waals surface area (Å²) >= 11 is 1.72. The zero-order chi connectivity index (χ0) is 16.4. The molecule has 24 heavy (non-hydrogen) atoms. The number of methoxy groups -OCH3 is 1. The van der Waals surface area contributed by atoms with Gasteiger partial charge in [0.15, 0.2) is 0 Å². The summed E-state index contributed by atoms with van der Waals surface area (Å²) in [5.41, 5.74) is 3.80. The van der Waals surface area contributed by atoms with Gasteiger partial charge in [-0.05, 0) is 53.6 Å². The number of ether oxygens (including phenoxy) is 1. The third-order valence-corrected chi connectivity index (χ3v) is 5.56. The number of nitrogens with zero attached hydrogens (tertiary/aromatic N) is 2. The largest absolute Gasteiger partial charge is 0.497 e. The maximum Gasteiger partial charge on any atom is 0.120 e. The van der Waals surface area contributed by atoms with E-state index < -0.39 is 0 Å². The quantitative estimate of drug-likeness (QED) is 0.765. The van der Waals surface area contributed by atoms with Crippen LogP contribution in [0.2, 0.25) is 0 Å². The molecule has 124 valence electrons. The fraction of sp³-hybridized carbons (Fsp3) is 0.350. The summed E-state index contributed by atoms with van der Waals surface area (Å²) in [6, 6.07) is 17.2. The first-order valence-corrected chi connectivity index (χ1v) is 9.48. The molecule has 4 rings (SSSR count). The van der Waals surface area contributed by atoms with Gasteiger partial charge < -0.3 is 9.64 Å². The maximum atomic E-state index is 5.33. The molecular weight excluding hydrogens is 316 g/mol. The van der Waals surface area contributed by atoms with Crippen LogP contribution in [-0.2, 0) is 0 Å². The van der Waals surface area contributed by atoms with Crippen LogP contribution in [0.1, 0.15) is 24.3 Å². The van der Waals surface area contributed by atoms with E-state index in [1.165, 1.54) is 35.4 Å². The minimum absolute atomic E-state index is 0.450. The third-order valence-electron chi connectivity index (χ3n) is 4.88. The van der Waals surface area contributed by atoms with E-state index in [0.29, 0.717) is 5.92 Å². The van der Waals surface area contributed by atoms with Crippen LogP contribution in [0, 0.1) is 0 Å². The molecule has 3 nitrogen and oxygen atoms in total. The van der Waals surface area contributed by atoms with Crippen LogP contribution in [-0.4, -0.2) is 36.7 Å². The van der Waals surface area contributed by atoms with Crippen molar-refractivity contribution >= 4 is 17.8 Å². The van der Waals surface area contributed by atoms with Crippen molar-refractivity contribution < 1.29 is 4.74 Å². The lowest BCUT2D eigenvalue weighted by atomic mass is 9.88. The first-order valence-electron chi connectivity index (χ1n) is 8.54. The molecule has 0 N–H and O–H groups in total. The zero-order valence-electron chi connectivity index (χ0n) is 13.9. The van der Waals surface area contributed by atoms with Crippen molar-refractivity contribution in [3.05, 3.63) is 54.1 Å². The van der Waals surface area contributed by atoms with Crippen LogP contribution in [0.3, 0.4) is 0 Å².